The Morgan fingerprint density at radius 1 is 1.41 bits per heavy atom. The molecule has 1 N–H and O–H groups in total. The van der Waals surface area contributed by atoms with Crippen molar-refractivity contribution < 1.29 is 14.7 Å². The number of piperidine rings is 1. The highest BCUT2D eigenvalue weighted by Crippen LogP contribution is 2.55. The van der Waals surface area contributed by atoms with Gasteiger partial charge in [-0.3, -0.25) is 4.79 Å². The molecule has 0 radical (unpaired) electrons. The van der Waals surface area contributed by atoms with Gasteiger partial charge in [-0.1, -0.05) is 13.8 Å². The molecule has 1 aliphatic heterocycles. The quantitative estimate of drug-likeness (QED) is 0.818. The second-order valence-corrected chi connectivity index (χ2v) is 5.65. The van der Waals surface area contributed by atoms with Crippen molar-refractivity contribution in [3.8, 4) is 0 Å². The molecule has 17 heavy (non-hydrogen) atoms. The molecule has 2 unspecified atom stereocenters. The number of carbonyl (C=O) groups is 2. The summed E-state index contributed by atoms with van der Waals surface area (Å²) in [5.41, 5.74) is 0.123. The first-order valence-electron chi connectivity index (χ1n) is 6.53. The van der Waals surface area contributed by atoms with Gasteiger partial charge in [-0.15, -0.1) is 0 Å². The van der Waals surface area contributed by atoms with Crippen LogP contribution < -0.4 is 0 Å². The Morgan fingerprint density at radius 3 is 2.65 bits per heavy atom. The van der Waals surface area contributed by atoms with Crippen molar-refractivity contribution in [2.45, 2.75) is 52.0 Å². The zero-order valence-corrected chi connectivity index (χ0v) is 10.6. The highest BCUT2D eigenvalue weighted by atomic mass is 16.4. The zero-order valence-electron chi connectivity index (χ0n) is 10.6. The van der Waals surface area contributed by atoms with Crippen LogP contribution in [0.1, 0.15) is 46.0 Å². The number of carbonyl (C=O) groups excluding carboxylic acids is 1. The van der Waals surface area contributed by atoms with E-state index in [0.29, 0.717) is 13.0 Å². The minimum absolute atomic E-state index is 0.0625. The Hall–Kier alpha value is -1.06. The number of aliphatic carboxylic acids is 1. The van der Waals surface area contributed by atoms with E-state index in [1.54, 1.807) is 4.90 Å². The standard InChI is InChI=1S/C13H21NO3/c1-3-13(2)8-9(13)11(15)14-7-5-4-6-10(14)12(16)17/h9-10H,3-8H2,1-2H3,(H,16,17)/t9?,10-,13?/m1/s1. The third-order valence-corrected chi connectivity index (χ3v) is 4.53. The summed E-state index contributed by atoms with van der Waals surface area (Å²) in [7, 11) is 0. The van der Waals surface area contributed by atoms with Crippen molar-refractivity contribution in [1.82, 2.24) is 4.90 Å². The molecular weight excluding hydrogens is 218 g/mol. The molecule has 1 aliphatic carbocycles. The summed E-state index contributed by atoms with van der Waals surface area (Å²) in [5.74, 6) is -0.717. The van der Waals surface area contributed by atoms with Crippen molar-refractivity contribution in [1.29, 1.82) is 0 Å². The van der Waals surface area contributed by atoms with Crippen LogP contribution in [0.15, 0.2) is 0 Å². The van der Waals surface area contributed by atoms with Gasteiger partial charge in [0.2, 0.25) is 5.91 Å². The molecule has 2 rings (SSSR count). The van der Waals surface area contributed by atoms with E-state index in [2.05, 4.69) is 13.8 Å². The summed E-state index contributed by atoms with van der Waals surface area (Å²) in [4.78, 5) is 25.1. The predicted octanol–water partition coefficient (Wildman–Crippen LogP) is 1.89. The van der Waals surface area contributed by atoms with Gasteiger partial charge in [-0.2, -0.15) is 0 Å². The van der Waals surface area contributed by atoms with Crippen molar-refractivity contribution in [2.75, 3.05) is 6.54 Å². The normalized spacial score (nSPS) is 36.7. The molecule has 0 bridgehead atoms. The van der Waals surface area contributed by atoms with Crippen molar-refractivity contribution in [2.24, 2.45) is 11.3 Å². The largest absolute Gasteiger partial charge is 0.480 e. The van der Waals surface area contributed by atoms with Crippen molar-refractivity contribution in [3.05, 3.63) is 0 Å². The van der Waals surface area contributed by atoms with Crippen LogP contribution in [0.4, 0.5) is 0 Å². The fourth-order valence-corrected chi connectivity index (χ4v) is 2.84. The molecule has 0 spiro atoms. The number of carboxylic acids is 1. The van der Waals surface area contributed by atoms with Crippen LogP contribution in [0.25, 0.3) is 0 Å². The Morgan fingerprint density at radius 2 is 2.12 bits per heavy atom. The molecule has 2 aliphatic rings. The smallest absolute Gasteiger partial charge is 0.326 e. The maximum absolute atomic E-state index is 12.3. The molecular formula is C13H21NO3. The molecule has 1 saturated heterocycles. The van der Waals surface area contributed by atoms with Crippen LogP contribution in [0.5, 0.6) is 0 Å². The van der Waals surface area contributed by atoms with E-state index in [-0.39, 0.29) is 17.2 Å². The Balaban J connectivity index is 2.05. The Kier molecular flexibility index (Phi) is 3.15. The summed E-state index contributed by atoms with van der Waals surface area (Å²) in [5, 5.41) is 9.15. The monoisotopic (exact) mass is 239 g/mol. The van der Waals surface area contributed by atoms with Crippen LogP contribution in [0, 0.1) is 11.3 Å². The van der Waals surface area contributed by atoms with Crippen molar-refractivity contribution >= 4 is 11.9 Å². The summed E-state index contributed by atoms with van der Waals surface area (Å²) in [6.45, 7) is 4.83. The molecule has 4 heteroatoms. The number of nitrogens with zero attached hydrogens (tertiary/aromatic N) is 1. The van der Waals surface area contributed by atoms with E-state index in [9.17, 15) is 9.59 Å². The van der Waals surface area contributed by atoms with Gasteiger partial charge in [0.25, 0.3) is 0 Å². The minimum atomic E-state index is -0.850. The molecule has 1 amide bonds. The van der Waals surface area contributed by atoms with Gasteiger partial charge < -0.3 is 10.0 Å². The average molecular weight is 239 g/mol. The molecule has 3 atom stereocenters. The summed E-state index contributed by atoms with van der Waals surface area (Å²) in [6.07, 6.45) is 4.37. The average Bonchev–Trinajstić information content (AvgIpc) is 3.01. The molecule has 96 valence electrons. The van der Waals surface area contributed by atoms with Gasteiger partial charge in [0.05, 0.1) is 0 Å². The third kappa shape index (κ3) is 2.17. The number of likely N-dealkylation sites (tertiary alicyclic amines) is 1. The Bertz CT molecular complexity index is 342. The highest BCUT2D eigenvalue weighted by molar-refractivity contribution is 5.87. The first-order valence-corrected chi connectivity index (χ1v) is 6.53. The fraction of sp³-hybridized carbons (Fsp3) is 0.846. The second kappa shape index (κ2) is 4.31. The lowest BCUT2D eigenvalue weighted by atomic mass is 9.99. The number of hydrogen-bond donors (Lipinski definition) is 1. The van der Waals surface area contributed by atoms with E-state index < -0.39 is 12.0 Å². The zero-order chi connectivity index (χ0) is 12.6. The fourth-order valence-electron chi connectivity index (χ4n) is 2.84. The van der Waals surface area contributed by atoms with E-state index >= 15 is 0 Å². The molecule has 0 aromatic rings. The van der Waals surface area contributed by atoms with E-state index in [0.717, 1.165) is 25.7 Å². The van der Waals surface area contributed by atoms with E-state index in [4.69, 9.17) is 5.11 Å². The predicted molar refractivity (Wildman–Crippen MR) is 63.5 cm³/mol. The third-order valence-electron chi connectivity index (χ3n) is 4.53. The van der Waals surface area contributed by atoms with E-state index in [1.807, 2.05) is 0 Å². The molecule has 1 saturated carbocycles. The van der Waals surface area contributed by atoms with Gasteiger partial charge in [0, 0.05) is 12.5 Å². The maximum atomic E-state index is 12.3. The van der Waals surface area contributed by atoms with Crippen LogP contribution in [-0.2, 0) is 9.59 Å². The minimum Gasteiger partial charge on any atom is -0.480 e. The summed E-state index contributed by atoms with van der Waals surface area (Å²) < 4.78 is 0. The first kappa shape index (κ1) is 12.4. The number of hydrogen-bond acceptors (Lipinski definition) is 2. The Labute approximate surface area is 102 Å². The topological polar surface area (TPSA) is 57.6 Å². The lowest BCUT2D eigenvalue weighted by Crippen LogP contribution is -2.49. The van der Waals surface area contributed by atoms with E-state index in [1.165, 1.54) is 0 Å². The lowest BCUT2D eigenvalue weighted by Gasteiger charge is -2.33. The number of rotatable bonds is 3. The molecule has 1 heterocycles. The SMILES string of the molecule is CCC1(C)CC1C(=O)N1CCCC[C@@H]1C(=O)O. The molecule has 0 aromatic heterocycles. The maximum Gasteiger partial charge on any atom is 0.326 e. The van der Waals surface area contributed by atoms with Gasteiger partial charge >= 0.3 is 5.97 Å². The van der Waals surface area contributed by atoms with Gasteiger partial charge in [0.1, 0.15) is 6.04 Å². The van der Waals surface area contributed by atoms with Crippen molar-refractivity contribution in [3.63, 3.8) is 0 Å². The summed E-state index contributed by atoms with van der Waals surface area (Å²) in [6, 6.07) is -0.585. The highest BCUT2D eigenvalue weighted by Gasteiger charge is 2.55. The number of carboxylic acid groups (broad SMARTS) is 1. The van der Waals surface area contributed by atoms with Crippen LogP contribution >= 0.6 is 0 Å². The van der Waals surface area contributed by atoms with Gasteiger partial charge in [0.15, 0.2) is 0 Å². The molecule has 2 fully saturated rings. The lowest BCUT2D eigenvalue weighted by molar-refractivity contribution is -0.153. The van der Waals surface area contributed by atoms with Crippen LogP contribution in [0.2, 0.25) is 0 Å². The summed E-state index contributed by atoms with van der Waals surface area (Å²) >= 11 is 0. The van der Waals surface area contributed by atoms with Gasteiger partial charge in [-0.25, -0.2) is 4.79 Å². The van der Waals surface area contributed by atoms with Gasteiger partial charge in [-0.05, 0) is 37.5 Å². The van der Waals surface area contributed by atoms with Crippen LogP contribution in [-0.4, -0.2) is 34.5 Å². The molecule has 4 nitrogen and oxygen atoms in total. The first-order chi connectivity index (χ1) is 7.99. The number of amides is 1. The second-order valence-electron chi connectivity index (χ2n) is 5.65. The van der Waals surface area contributed by atoms with Crippen LogP contribution in [0.3, 0.4) is 0 Å². The molecule has 0 aromatic carbocycles.